The van der Waals surface area contributed by atoms with Crippen molar-refractivity contribution >= 4 is 15.9 Å². The average molecular weight is 300 g/mol. The summed E-state index contributed by atoms with van der Waals surface area (Å²) in [6.07, 6.45) is 3.25. The van der Waals surface area contributed by atoms with E-state index < -0.39 is 10.0 Å². The predicted molar refractivity (Wildman–Crippen MR) is 76.0 cm³/mol. The zero-order chi connectivity index (χ0) is 15.2. The summed E-state index contributed by atoms with van der Waals surface area (Å²) in [5.41, 5.74) is 0.212. The van der Waals surface area contributed by atoms with Crippen LogP contribution in [-0.2, 0) is 10.0 Å². The van der Waals surface area contributed by atoms with Crippen molar-refractivity contribution in [2.24, 2.45) is 0 Å². The van der Waals surface area contributed by atoms with Crippen LogP contribution >= 0.6 is 0 Å². The van der Waals surface area contributed by atoms with E-state index in [2.05, 4.69) is 15.0 Å². The third-order valence-electron chi connectivity index (χ3n) is 2.59. The summed E-state index contributed by atoms with van der Waals surface area (Å²) in [6, 6.07) is 1.31. The van der Waals surface area contributed by atoms with Crippen LogP contribution in [0.1, 0.15) is 16.8 Å². The maximum absolute atomic E-state index is 12.0. The van der Waals surface area contributed by atoms with Crippen molar-refractivity contribution in [2.45, 2.75) is 11.3 Å². The molecular weight excluding hydrogens is 280 g/mol. The fourth-order valence-corrected chi connectivity index (χ4v) is 2.58. The summed E-state index contributed by atoms with van der Waals surface area (Å²) in [5, 5.41) is 2.43. The smallest absolute Gasteiger partial charge is 0.252 e. The Morgan fingerprint density at radius 1 is 1.35 bits per heavy atom. The molecule has 0 radical (unpaired) electrons. The molecule has 0 aliphatic rings. The van der Waals surface area contributed by atoms with Crippen LogP contribution in [0.15, 0.2) is 23.4 Å². The minimum Gasteiger partial charge on any atom is -0.355 e. The van der Waals surface area contributed by atoms with Crippen LogP contribution in [0.3, 0.4) is 0 Å². The lowest BCUT2D eigenvalue weighted by Crippen LogP contribution is -2.28. The normalized spacial score (nSPS) is 11.6. The molecule has 1 aromatic heterocycles. The molecule has 0 saturated heterocycles. The molecule has 0 aromatic carbocycles. The fraction of sp³-hybridized carbons (Fsp3) is 0.500. The van der Waals surface area contributed by atoms with E-state index in [1.54, 1.807) is 0 Å². The molecule has 0 saturated carbocycles. The number of amides is 1. The van der Waals surface area contributed by atoms with Gasteiger partial charge in [0.05, 0.1) is 5.56 Å². The SMILES string of the molecule is CNC(=O)c1cncc(S(=O)(=O)NCCCN(C)C)c1. The van der Waals surface area contributed by atoms with Crippen molar-refractivity contribution in [3.63, 3.8) is 0 Å². The summed E-state index contributed by atoms with van der Waals surface area (Å²) >= 11 is 0. The van der Waals surface area contributed by atoms with Crippen LogP contribution in [0.5, 0.6) is 0 Å². The number of rotatable bonds is 7. The Kier molecular flexibility index (Phi) is 6.05. The largest absolute Gasteiger partial charge is 0.355 e. The minimum absolute atomic E-state index is 0.0107. The first kappa shape index (κ1) is 16.5. The number of carbonyl (C=O) groups excluding carboxylic acids is 1. The third-order valence-corrected chi connectivity index (χ3v) is 4.01. The Morgan fingerprint density at radius 3 is 2.65 bits per heavy atom. The molecule has 2 N–H and O–H groups in total. The quantitative estimate of drug-likeness (QED) is 0.673. The van der Waals surface area contributed by atoms with Gasteiger partial charge in [0.1, 0.15) is 4.90 Å². The van der Waals surface area contributed by atoms with E-state index in [1.807, 2.05) is 19.0 Å². The highest BCUT2D eigenvalue weighted by atomic mass is 32.2. The van der Waals surface area contributed by atoms with Crippen molar-refractivity contribution in [3.8, 4) is 0 Å². The van der Waals surface area contributed by atoms with E-state index in [-0.39, 0.29) is 16.4 Å². The number of carbonyl (C=O) groups is 1. The molecule has 0 bridgehead atoms. The zero-order valence-electron chi connectivity index (χ0n) is 11.9. The maximum atomic E-state index is 12.0. The topological polar surface area (TPSA) is 91.4 Å². The Balaban J connectivity index is 2.75. The van der Waals surface area contributed by atoms with Gasteiger partial charge in [-0.15, -0.1) is 0 Å². The molecule has 0 aliphatic heterocycles. The molecule has 1 rings (SSSR count). The first-order chi connectivity index (χ1) is 9.36. The van der Waals surface area contributed by atoms with E-state index in [4.69, 9.17) is 0 Å². The molecule has 7 nitrogen and oxygen atoms in total. The van der Waals surface area contributed by atoms with Gasteiger partial charge in [-0.25, -0.2) is 13.1 Å². The molecule has 0 unspecified atom stereocenters. The van der Waals surface area contributed by atoms with E-state index in [1.165, 1.54) is 25.5 Å². The lowest BCUT2D eigenvalue weighted by molar-refractivity contribution is 0.0962. The van der Waals surface area contributed by atoms with Gasteiger partial charge < -0.3 is 10.2 Å². The molecule has 20 heavy (non-hydrogen) atoms. The van der Waals surface area contributed by atoms with Crippen LogP contribution < -0.4 is 10.0 Å². The van der Waals surface area contributed by atoms with E-state index in [9.17, 15) is 13.2 Å². The fourth-order valence-electron chi connectivity index (χ4n) is 1.52. The van der Waals surface area contributed by atoms with Gasteiger partial charge in [0, 0.05) is 26.0 Å². The number of nitrogens with one attached hydrogen (secondary N) is 2. The Labute approximate surface area is 119 Å². The minimum atomic E-state index is -3.63. The average Bonchev–Trinajstić information content (AvgIpc) is 2.42. The molecular formula is C12H20N4O3S. The van der Waals surface area contributed by atoms with E-state index in [0.29, 0.717) is 13.0 Å². The van der Waals surface area contributed by atoms with Gasteiger partial charge in [-0.3, -0.25) is 9.78 Å². The highest BCUT2D eigenvalue weighted by Crippen LogP contribution is 2.09. The van der Waals surface area contributed by atoms with Gasteiger partial charge in [0.2, 0.25) is 10.0 Å². The first-order valence-corrected chi connectivity index (χ1v) is 7.66. The number of aromatic nitrogens is 1. The Hall–Kier alpha value is -1.51. The zero-order valence-corrected chi connectivity index (χ0v) is 12.7. The summed E-state index contributed by atoms with van der Waals surface area (Å²) in [4.78, 5) is 17.2. The highest BCUT2D eigenvalue weighted by Gasteiger charge is 2.16. The number of pyridine rings is 1. The second-order valence-corrected chi connectivity index (χ2v) is 6.31. The molecule has 8 heteroatoms. The third kappa shape index (κ3) is 4.87. The number of nitrogens with zero attached hydrogens (tertiary/aromatic N) is 2. The number of hydrogen-bond donors (Lipinski definition) is 2. The summed E-state index contributed by atoms with van der Waals surface area (Å²) < 4.78 is 26.6. The monoisotopic (exact) mass is 300 g/mol. The van der Waals surface area contributed by atoms with Gasteiger partial charge in [-0.1, -0.05) is 0 Å². The molecule has 0 aliphatic carbocycles. The molecule has 0 atom stereocenters. The molecule has 0 fully saturated rings. The van der Waals surface area contributed by atoms with E-state index in [0.717, 1.165) is 6.54 Å². The van der Waals surface area contributed by atoms with Gasteiger partial charge in [-0.2, -0.15) is 0 Å². The summed E-state index contributed by atoms with van der Waals surface area (Å²) in [5.74, 6) is -0.373. The molecule has 0 spiro atoms. The second-order valence-electron chi connectivity index (χ2n) is 4.54. The van der Waals surface area contributed by atoms with Crippen molar-refractivity contribution in [2.75, 3.05) is 34.2 Å². The summed E-state index contributed by atoms with van der Waals surface area (Å²) in [7, 11) is 1.69. The maximum Gasteiger partial charge on any atom is 0.252 e. The lowest BCUT2D eigenvalue weighted by atomic mass is 10.3. The van der Waals surface area contributed by atoms with Crippen molar-refractivity contribution in [1.29, 1.82) is 0 Å². The molecule has 1 aromatic rings. The van der Waals surface area contributed by atoms with Crippen LogP contribution in [0.4, 0.5) is 0 Å². The number of hydrogen-bond acceptors (Lipinski definition) is 5. The van der Waals surface area contributed by atoms with Crippen molar-refractivity contribution < 1.29 is 13.2 Å². The van der Waals surface area contributed by atoms with Crippen LogP contribution in [0.2, 0.25) is 0 Å². The van der Waals surface area contributed by atoms with Crippen molar-refractivity contribution in [3.05, 3.63) is 24.0 Å². The highest BCUT2D eigenvalue weighted by molar-refractivity contribution is 7.89. The van der Waals surface area contributed by atoms with Gasteiger partial charge in [0.15, 0.2) is 0 Å². The molecule has 112 valence electrons. The standard InChI is InChI=1S/C12H20N4O3S/c1-13-12(17)10-7-11(9-14-8-10)20(18,19)15-5-4-6-16(2)3/h7-9,15H,4-6H2,1-3H3,(H,13,17). The van der Waals surface area contributed by atoms with E-state index >= 15 is 0 Å². The Morgan fingerprint density at radius 2 is 2.05 bits per heavy atom. The first-order valence-electron chi connectivity index (χ1n) is 6.18. The lowest BCUT2D eigenvalue weighted by Gasteiger charge is -2.10. The van der Waals surface area contributed by atoms with Gasteiger partial charge in [-0.05, 0) is 33.1 Å². The summed E-state index contributed by atoms with van der Waals surface area (Å²) in [6.45, 7) is 1.13. The molecule has 1 heterocycles. The molecule has 1 amide bonds. The second kappa shape index (κ2) is 7.32. The van der Waals surface area contributed by atoms with Gasteiger partial charge in [0.25, 0.3) is 5.91 Å². The Bertz CT molecular complexity index is 558. The predicted octanol–water partition coefficient (Wildman–Crippen LogP) is -0.329. The van der Waals surface area contributed by atoms with Gasteiger partial charge >= 0.3 is 0 Å². The number of sulfonamides is 1. The van der Waals surface area contributed by atoms with Crippen molar-refractivity contribution in [1.82, 2.24) is 19.9 Å². The van der Waals surface area contributed by atoms with Crippen LogP contribution in [-0.4, -0.2) is 58.4 Å². The van der Waals surface area contributed by atoms with Crippen LogP contribution in [0.25, 0.3) is 0 Å². The van der Waals surface area contributed by atoms with Crippen LogP contribution in [0, 0.1) is 0 Å².